The van der Waals surface area contributed by atoms with Gasteiger partial charge in [0, 0.05) is 5.56 Å². The van der Waals surface area contributed by atoms with Gasteiger partial charge in [0.05, 0.1) is 17.0 Å². The molecule has 0 aromatic heterocycles. The van der Waals surface area contributed by atoms with Crippen molar-refractivity contribution < 1.29 is 9.90 Å². The molecule has 3 N–H and O–H groups in total. The van der Waals surface area contributed by atoms with E-state index in [-0.39, 0.29) is 11.3 Å². The van der Waals surface area contributed by atoms with Gasteiger partial charge < -0.3 is 10.8 Å². The predicted molar refractivity (Wildman–Crippen MR) is 58.5 cm³/mol. The van der Waals surface area contributed by atoms with Crippen LogP contribution in [0.3, 0.4) is 0 Å². The SMILES string of the molecule is Nc1c(C#CCS)cccc1C(=O)O. The Labute approximate surface area is 87.3 Å². The molecule has 14 heavy (non-hydrogen) atoms. The van der Waals surface area contributed by atoms with Crippen LogP contribution in [0, 0.1) is 11.8 Å². The number of carboxylic acids is 1. The van der Waals surface area contributed by atoms with E-state index in [0.29, 0.717) is 11.3 Å². The van der Waals surface area contributed by atoms with Crippen LogP contribution in [-0.4, -0.2) is 16.8 Å². The average molecular weight is 207 g/mol. The van der Waals surface area contributed by atoms with E-state index in [0.717, 1.165) is 0 Å². The largest absolute Gasteiger partial charge is 0.478 e. The maximum atomic E-state index is 10.7. The lowest BCUT2D eigenvalue weighted by Crippen LogP contribution is -2.03. The van der Waals surface area contributed by atoms with Gasteiger partial charge in [-0.3, -0.25) is 0 Å². The molecule has 1 aromatic rings. The number of carboxylic acid groups (broad SMARTS) is 1. The Morgan fingerprint density at radius 2 is 2.29 bits per heavy atom. The fourth-order valence-corrected chi connectivity index (χ4v) is 1.07. The van der Waals surface area contributed by atoms with Gasteiger partial charge in [-0.25, -0.2) is 4.79 Å². The fourth-order valence-electron chi connectivity index (χ4n) is 0.995. The van der Waals surface area contributed by atoms with Crippen LogP contribution in [0.2, 0.25) is 0 Å². The Morgan fingerprint density at radius 3 is 2.86 bits per heavy atom. The smallest absolute Gasteiger partial charge is 0.337 e. The average Bonchev–Trinajstić information content (AvgIpc) is 2.16. The third kappa shape index (κ3) is 2.21. The summed E-state index contributed by atoms with van der Waals surface area (Å²) in [5, 5.41) is 8.77. The molecule has 0 aliphatic rings. The molecule has 3 nitrogen and oxygen atoms in total. The Hall–Kier alpha value is -1.60. The van der Waals surface area contributed by atoms with Crippen molar-refractivity contribution in [3.05, 3.63) is 29.3 Å². The van der Waals surface area contributed by atoms with E-state index in [4.69, 9.17) is 10.8 Å². The van der Waals surface area contributed by atoms with Gasteiger partial charge in [0.25, 0.3) is 0 Å². The molecule has 0 amide bonds. The molecule has 0 heterocycles. The quantitative estimate of drug-likeness (QED) is 0.369. The van der Waals surface area contributed by atoms with Gasteiger partial charge in [-0.15, -0.1) is 0 Å². The van der Waals surface area contributed by atoms with Crippen molar-refractivity contribution in [1.29, 1.82) is 0 Å². The molecular formula is C10H9NO2S. The number of para-hydroxylation sites is 1. The van der Waals surface area contributed by atoms with E-state index in [1.807, 2.05) is 0 Å². The number of carbonyl (C=O) groups is 1. The Kier molecular flexibility index (Phi) is 3.43. The number of rotatable bonds is 1. The summed E-state index contributed by atoms with van der Waals surface area (Å²) in [4.78, 5) is 10.7. The Bertz CT molecular complexity index is 418. The molecule has 0 aliphatic carbocycles. The lowest BCUT2D eigenvalue weighted by molar-refractivity contribution is 0.0698. The van der Waals surface area contributed by atoms with Crippen molar-refractivity contribution in [2.45, 2.75) is 0 Å². The highest BCUT2D eigenvalue weighted by Gasteiger charge is 2.08. The molecule has 1 aromatic carbocycles. The van der Waals surface area contributed by atoms with Crippen molar-refractivity contribution >= 4 is 24.3 Å². The second kappa shape index (κ2) is 4.58. The first-order valence-electron chi connectivity index (χ1n) is 3.88. The number of hydrogen-bond acceptors (Lipinski definition) is 3. The molecule has 1 rings (SSSR count). The topological polar surface area (TPSA) is 63.3 Å². The first kappa shape index (κ1) is 10.5. The minimum atomic E-state index is -1.04. The maximum Gasteiger partial charge on any atom is 0.337 e. The van der Waals surface area contributed by atoms with Gasteiger partial charge >= 0.3 is 5.97 Å². The van der Waals surface area contributed by atoms with E-state index in [9.17, 15) is 4.79 Å². The number of nitrogen functional groups attached to an aromatic ring is 1. The molecule has 0 fully saturated rings. The monoisotopic (exact) mass is 207 g/mol. The summed E-state index contributed by atoms with van der Waals surface area (Å²) in [6.07, 6.45) is 0. The molecule has 0 aliphatic heterocycles. The van der Waals surface area contributed by atoms with Crippen molar-refractivity contribution in [3.63, 3.8) is 0 Å². The van der Waals surface area contributed by atoms with Gasteiger partial charge in [0.15, 0.2) is 0 Å². The van der Waals surface area contributed by atoms with Gasteiger partial charge in [-0.05, 0) is 12.1 Å². The van der Waals surface area contributed by atoms with Gasteiger partial charge in [0.2, 0.25) is 0 Å². The van der Waals surface area contributed by atoms with Crippen molar-refractivity contribution in [1.82, 2.24) is 0 Å². The fraction of sp³-hybridized carbons (Fsp3) is 0.100. The van der Waals surface area contributed by atoms with Crippen molar-refractivity contribution in [3.8, 4) is 11.8 Å². The number of thiol groups is 1. The van der Waals surface area contributed by atoms with Crippen LogP contribution >= 0.6 is 12.6 Å². The molecular weight excluding hydrogens is 198 g/mol. The van der Waals surface area contributed by atoms with Crippen LogP contribution in [-0.2, 0) is 0 Å². The number of aromatic carboxylic acids is 1. The second-order valence-corrected chi connectivity index (χ2v) is 2.85. The summed E-state index contributed by atoms with van der Waals surface area (Å²) in [5.41, 5.74) is 6.43. The molecule has 72 valence electrons. The molecule has 4 heteroatoms. The number of hydrogen-bond donors (Lipinski definition) is 3. The van der Waals surface area contributed by atoms with E-state index in [1.54, 1.807) is 12.1 Å². The van der Waals surface area contributed by atoms with E-state index in [1.165, 1.54) is 6.07 Å². The third-order valence-corrected chi connectivity index (χ3v) is 1.80. The second-order valence-electron chi connectivity index (χ2n) is 2.53. The zero-order valence-electron chi connectivity index (χ0n) is 7.32. The lowest BCUT2D eigenvalue weighted by atomic mass is 10.1. The highest BCUT2D eigenvalue weighted by Crippen LogP contribution is 2.16. The predicted octanol–water partition coefficient (Wildman–Crippen LogP) is 1.25. The van der Waals surface area contributed by atoms with Gasteiger partial charge in [-0.2, -0.15) is 12.6 Å². The zero-order chi connectivity index (χ0) is 10.6. The van der Waals surface area contributed by atoms with Crippen molar-refractivity contribution in [2.24, 2.45) is 0 Å². The summed E-state index contributed by atoms with van der Waals surface area (Å²) >= 11 is 3.92. The normalized spacial score (nSPS) is 8.93. The number of nitrogens with two attached hydrogens (primary N) is 1. The van der Waals surface area contributed by atoms with E-state index in [2.05, 4.69) is 24.5 Å². The molecule has 0 bridgehead atoms. The zero-order valence-corrected chi connectivity index (χ0v) is 8.21. The molecule has 0 saturated carbocycles. The third-order valence-electron chi connectivity index (χ3n) is 1.64. The highest BCUT2D eigenvalue weighted by molar-refractivity contribution is 7.80. The summed E-state index contributed by atoms with van der Waals surface area (Å²) in [6, 6.07) is 4.74. The lowest BCUT2D eigenvalue weighted by Gasteiger charge is -2.01. The standard InChI is InChI=1S/C10H9NO2S/c11-9-7(4-2-6-14)3-1-5-8(9)10(12)13/h1,3,5,14H,6,11H2,(H,12,13). The number of benzene rings is 1. The molecule has 0 unspecified atom stereocenters. The first-order chi connectivity index (χ1) is 6.66. The van der Waals surface area contributed by atoms with E-state index < -0.39 is 5.97 Å². The van der Waals surface area contributed by atoms with Crippen LogP contribution in [0.1, 0.15) is 15.9 Å². The molecule has 0 spiro atoms. The number of anilines is 1. The molecule has 0 atom stereocenters. The summed E-state index contributed by atoms with van der Waals surface area (Å²) in [7, 11) is 0. The van der Waals surface area contributed by atoms with Crippen LogP contribution in [0.4, 0.5) is 5.69 Å². The van der Waals surface area contributed by atoms with Crippen LogP contribution in [0.15, 0.2) is 18.2 Å². The van der Waals surface area contributed by atoms with Gasteiger partial charge in [-0.1, -0.05) is 17.9 Å². The molecule has 0 radical (unpaired) electrons. The summed E-state index contributed by atoms with van der Waals surface area (Å²) in [6.45, 7) is 0. The van der Waals surface area contributed by atoms with Gasteiger partial charge in [0.1, 0.15) is 0 Å². The van der Waals surface area contributed by atoms with Crippen LogP contribution in [0.25, 0.3) is 0 Å². The highest BCUT2D eigenvalue weighted by atomic mass is 32.1. The van der Waals surface area contributed by atoms with Crippen molar-refractivity contribution in [2.75, 3.05) is 11.5 Å². The van der Waals surface area contributed by atoms with E-state index >= 15 is 0 Å². The molecule has 0 saturated heterocycles. The summed E-state index contributed by atoms with van der Waals surface area (Å²) < 4.78 is 0. The van der Waals surface area contributed by atoms with Crippen LogP contribution < -0.4 is 5.73 Å². The minimum absolute atomic E-state index is 0.0796. The Balaban J connectivity index is 3.20. The summed E-state index contributed by atoms with van der Waals surface area (Å²) in [5.74, 6) is 4.82. The van der Waals surface area contributed by atoms with Crippen LogP contribution in [0.5, 0.6) is 0 Å². The first-order valence-corrected chi connectivity index (χ1v) is 4.51. The minimum Gasteiger partial charge on any atom is -0.478 e. The maximum absolute atomic E-state index is 10.7. The Morgan fingerprint density at radius 1 is 1.57 bits per heavy atom.